The fraction of sp³-hybridized carbons (Fsp3) is 0.167. The number of carboxylic acid groups (broad SMARTS) is 1. The Morgan fingerprint density at radius 3 is 2.48 bits per heavy atom. The van der Waals surface area contributed by atoms with Crippen LogP contribution in [0.4, 0.5) is 11.4 Å². The van der Waals surface area contributed by atoms with Gasteiger partial charge >= 0.3 is 5.97 Å². The van der Waals surface area contributed by atoms with Gasteiger partial charge in [0, 0.05) is 30.4 Å². The minimum atomic E-state index is -1.25. The highest BCUT2D eigenvalue weighted by molar-refractivity contribution is 6.03. The Bertz CT molecular complexity index is 835. The number of carbonyl (C=O) groups is 3. The second-order valence-electron chi connectivity index (χ2n) is 5.77. The van der Waals surface area contributed by atoms with E-state index in [-0.39, 0.29) is 36.0 Å². The Morgan fingerprint density at radius 1 is 1.12 bits per heavy atom. The summed E-state index contributed by atoms with van der Waals surface area (Å²) < 4.78 is 0. The van der Waals surface area contributed by atoms with Gasteiger partial charge in [-0.2, -0.15) is 0 Å². The number of nitrogens with zero attached hydrogens (tertiary/aromatic N) is 1. The van der Waals surface area contributed by atoms with Crippen LogP contribution in [0.15, 0.2) is 48.5 Å². The molecule has 3 N–H and O–H groups in total. The van der Waals surface area contributed by atoms with Crippen LogP contribution in [-0.4, -0.2) is 34.5 Å². The van der Waals surface area contributed by atoms with Crippen molar-refractivity contribution < 1.29 is 24.6 Å². The molecule has 2 amide bonds. The summed E-state index contributed by atoms with van der Waals surface area (Å²) in [6.45, 7) is 0.272. The van der Waals surface area contributed by atoms with Gasteiger partial charge < -0.3 is 20.4 Å². The van der Waals surface area contributed by atoms with Gasteiger partial charge in [-0.3, -0.25) is 9.59 Å². The molecule has 7 heteroatoms. The van der Waals surface area contributed by atoms with Crippen molar-refractivity contribution in [2.75, 3.05) is 16.8 Å². The van der Waals surface area contributed by atoms with Crippen LogP contribution in [0.25, 0.3) is 0 Å². The van der Waals surface area contributed by atoms with E-state index >= 15 is 0 Å². The van der Waals surface area contributed by atoms with Crippen molar-refractivity contribution in [1.29, 1.82) is 0 Å². The Labute approximate surface area is 143 Å². The van der Waals surface area contributed by atoms with Gasteiger partial charge in [0.1, 0.15) is 11.3 Å². The second-order valence-corrected chi connectivity index (χ2v) is 5.77. The first-order valence-corrected chi connectivity index (χ1v) is 7.68. The van der Waals surface area contributed by atoms with E-state index in [1.807, 2.05) is 18.2 Å². The van der Waals surface area contributed by atoms with Gasteiger partial charge in [0.05, 0.1) is 5.92 Å². The molecule has 0 aliphatic carbocycles. The fourth-order valence-corrected chi connectivity index (χ4v) is 2.78. The highest BCUT2D eigenvalue weighted by Crippen LogP contribution is 2.27. The molecule has 25 heavy (non-hydrogen) atoms. The highest BCUT2D eigenvalue weighted by Gasteiger charge is 2.35. The molecule has 2 aromatic rings. The number of carbonyl (C=O) groups excluding carboxylic acids is 2. The molecule has 0 radical (unpaired) electrons. The molecule has 0 aromatic heterocycles. The van der Waals surface area contributed by atoms with E-state index in [2.05, 4.69) is 5.32 Å². The summed E-state index contributed by atoms with van der Waals surface area (Å²) in [5.41, 5.74) is 0.772. The summed E-state index contributed by atoms with van der Waals surface area (Å²) in [4.78, 5) is 37.0. The van der Waals surface area contributed by atoms with E-state index in [9.17, 15) is 19.5 Å². The predicted molar refractivity (Wildman–Crippen MR) is 90.6 cm³/mol. The molecule has 1 aliphatic heterocycles. The molecular formula is C18H16N2O5. The molecule has 0 bridgehead atoms. The molecule has 1 aliphatic rings. The normalized spacial score (nSPS) is 16.7. The average Bonchev–Trinajstić information content (AvgIpc) is 2.97. The number of aromatic carboxylic acids is 1. The molecule has 0 spiro atoms. The maximum atomic E-state index is 12.4. The van der Waals surface area contributed by atoms with Crippen molar-refractivity contribution in [2.45, 2.75) is 6.42 Å². The quantitative estimate of drug-likeness (QED) is 0.790. The van der Waals surface area contributed by atoms with Crippen molar-refractivity contribution in [3.8, 4) is 5.75 Å². The first-order valence-electron chi connectivity index (χ1n) is 7.68. The van der Waals surface area contributed by atoms with Gasteiger partial charge in [-0.15, -0.1) is 0 Å². The lowest BCUT2D eigenvalue weighted by atomic mass is 10.1. The fourth-order valence-electron chi connectivity index (χ4n) is 2.78. The number of aromatic hydroxyl groups is 1. The van der Waals surface area contributed by atoms with Crippen molar-refractivity contribution in [1.82, 2.24) is 0 Å². The zero-order chi connectivity index (χ0) is 18.0. The first-order chi connectivity index (χ1) is 12.0. The minimum Gasteiger partial charge on any atom is -0.507 e. The van der Waals surface area contributed by atoms with Gasteiger partial charge in [-0.1, -0.05) is 18.2 Å². The molecule has 3 rings (SSSR count). The summed E-state index contributed by atoms with van der Waals surface area (Å²) in [6, 6.07) is 12.9. The Hall–Kier alpha value is -3.35. The number of amides is 2. The minimum absolute atomic E-state index is 0.0971. The number of benzene rings is 2. The van der Waals surface area contributed by atoms with E-state index < -0.39 is 17.6 Å². The van der Waals surface area contributed by atoms with Gasteiger partial charge in [-0.25, -0.2) is 4.79 Å². The SMILES string of the molecule is O=C(O)c1ccc(NC(=O)[C@H]2CC(=O)N(c3ccccc3)C2)cc1O. The van der Waals surface area contributed by atoms with E-state index in [1.165, 1.54) is 18.2 Å². The molecule has 1 fully saturated rings. The number of carboxylic acids is 1. The van der Waals surface area contributed by atoms with Crippen LogP contribution < -0.4 is 10.2 Å². The van der Waals surface area contributed by atoms with Gasteiger partial charge in [-0.05, 0) is 24.3 Å². The van der Waals surface area contributed by atoms with Crippen LogP contribution >= 0.6 is 0 Å². The van der Waals surface area contributed by atoms with Crippen LogP contribution in [0, 0.1) is 5.92 Å². The first kappa shape index (κ1) is 16.5. The Morgan fingerprint density at radius 2 is 1.84 bits per heavy atom. The van der Waals surface area contributed by atoms with Gasteiger partial charge in [0.25, 0.3) is 0 Å². The predicted octanol–water partition coefficient (Wildman–Crippen LogP) is 2.08. The topological polar surface area (TPSA) is 107 Å². The number of phenols is 1. The van der Waals surface area contributed by atoms with Crippen LogP contribution in [0.5, 0.6) is 5.75 Å². The molecule has 0 unspecified atom stereocenters. The summed E-state index contributed by atoms with van der Waals surface area (Å²) in [7, 11) is 0. The molecule has 0 saturated carbocycles. The van der Waals surface area contributed by atoms with Crippen LogP contribution in [0.2, 0.25) is 0 Å². The van der Waals surface area contributed by atoms with Crippen LogP contribution in [-0.2, 0) is 9.59 Å². The lowest BCUT2D eigenvalue weighted by Gasteiger charge is -2.16. The zero-order valence-electron chi connectivity index (χ0n) is 13.2. The highest BCUT2D eigenvalue weighted by atomic mass is 16.4. The van der Waals surface area contributed by atoms with Crippen molar-refractivity contribution in [3.63, 3.8) is 0 Å². The maximum absolute atomic E-state index is 12.4. The number of hydrogen-bond donors (Lipinski definition) is 3. The molecule has 1 saturated heterocycles. The van der Waals surface area contributed by atoms with E-state index in [0.29, 0.717) is 0 Å². The lowest BCUT2D eigenvalue weighted by Crippen LogP contribution is -2.28. The lowest BCUT2D eigenvalue weighted by molar-refractivity contribution is -0.122. The third kappa shape index (κ3) is 3.45. The third-order valence-corrected chi connectivity index (χ3v) is 4.06. The van der Waals surface area contributed by atoms with Gasteiger partial charge in [0.15, 0.2) is 0 Å². The summed E-state index contributed by atoms with van der Waals surface area (Å²) in [5, 5.41) is 21.2. The largest absolute Gasteiger partial charge is 0.507 e. The summed E-state index contributed by atoms with van der Waals surface area (Å²) in [6.07, 6.45) is 0.0971. The van der Waals surface area contributed by atoms with E-state index in [1.54, 1.807) is 17.0 Å². The number of hydrogen-bond acceptors (Lipinski definition) is 4. The summed E-state index contributed by atoms with van der Waals surface area (Å²) in [5.74, 6) is -2.69. The Balaban J connectivity index is 1.69. The number of para-hydroxylation sites is 1. The molecule has 2 aromatic carbocycles. The van der Waals surface area contributed by atoms with Crippen LogP contribution in [0.1, 0.15) is 16.8 Å². The second kappa shape index (κ2) is 6.64. The van der Waals surface area contributed by atoms with E-state index in [4.69, 9.17) is 5.11 Å². The monoisotopic (exact) mass is 340 g/mol. The van der Waals surface area contributed by atoms with Crippen molar-refractivity contribution in [2.24, 2.45) is 5.92 Å². The van der Waals surface area contributed by atoms with Gasteiger partial charge in [0.2, 0.25) is 11.8 Å². The number of rotatable bonds is 4. The molecule has 1 heterocycles. The van der Waals surface area contributed by atoms with E-state index in [0.717, 1.165) is 5.69 Å². The number of nitrogens with one attached hydrogen (secondary N) is 1. The number of anilines is 2. The molecule has 128 valence electrons. The average molecular weight is 340 g/mol. The molecular weight excluding hydrogens is 324 g/mol. The van der Waals surface area contributed by atoms with Crippen LogP contribution in [0.3, 0.4) is 0 Å². The Kier molecular flexibility index (Phi) is 4.38. The summed E-state index contributed by atoms with van der Waals surface area (Å²) >= 11 is 0. The van der Waals surface area contributed by atoms with Crippen molar-refractivity contribution in [3.05, 3.63) is 54.1 Å². The third-order valence-electron chi connectivity index (χ3n) is 4.06. The standard InChI is InChI=1S/C18H16N2O5/c21-15-9-12(6-7-14(15)18(24)25)19-17(23)11-8-16(22)20(10-11)13-4-2-1-3-5-13/h1-7,9,11,21H,8,10H2,(H,19,23)(H,24,25)/t11-/m0/s1. The molecule has 1 atom stereocenters. The maximum Gasteiger partial charge on any atom is 0.339 e. The molecule has 7 nitrogen and oxygen atoms in total. The zero-order valence-corrected chi connectivity index (χ0v) is 13.2. The smallest absolute Gasteiger partial charge is 0.339 e. The van der Waals surface area contributed by atoms with Crippen molar-refractivity contribution >= 4 is 29.2 Å².